The van der Waals surface area contributed by atoms with Crippen molar-refractivity contribution in [2.24, 2.45) is 5.73 Å². The maximum atomic E-state index is 14.1. The van der Waals surface area contributed by atoms with Crippen molar-refractivity contribution in [2.75, 3.05) is 7.11 Å². The summed E-state index contributed by atoms with van der Waals surface area (Å²) in [5.74, 6) is -0.185. The number of benzene rings is 2. The van der Waals surface area contributed by atoms with Crippen LogP contribution in [0.15, 0.2) is 42.5 Å². The summed E-state index contributed by atoms with van der Waals surface area (Å²) in [5, 5.41) is 0.671. The average Bonchev–Trinajstić information content (AvgIpc) is 2.41. The molecule has 0 saturated heterocycles. The molecule has 2 nitrogen and oxygen atoms in total. The second-order valence-electron chi connectivity index (χ2n) is 4.30. The summed E-state index contributed by atoms with van der Waals surface area (Å²) in [5.41, 5.74) is 7.53. The molecule has 0 aliphatic carbocycles. The Kier molecular flexibility index (Phi) is 4.40. The fourth-order valence-electron chi connectivity index (χ4n) is 1.96. The molecule has 1 unspecified atom stereocenters. The Bertz CT molecular complexity index is 557. The second kappa shape index (κ2) is 6.04. The monoisotopic (exact) mass is 279 g/mol. The maximum absolute atomic E-state index is 14.1. The van der Waals surface area contributed by atoms with Gasteiger partial charge in [-0.3, -0.25) is 0 Å². The Morgan fingerprint density at radius 1 is 1.21 bits per heavy atom. The number of halogens is 2. The van der Waals surface area contributed by atoms with Gasteiger partial charge in [0.25, 0.3) is 0 Å². The third kappa shape index (κ3) is 3.25. The standard InChI is InChI=1S/C15H15ClFNO/c1-19-14-4-2-3-12(15(14)17)13(18)9-10-5-7-11(16)8-6-10/h2-8,13H,9,18H2,1H3. The summed E-state index contributed by atoms with van der Waals surface area (Å²) in [7, 11) is 1.44. The highest BCUT2D eigenvalue weighted by molar-refractivity contribution is 6.30. The Labute approximate surface area is 117 Å². The van der Waals surface area contributed by atoms with E-state index >= 15 is 0 Å². The molecule has 0 radical (unpaired) electrons. The molecular formula is C15H15ClFNO. The minimum atomic E-state index is -0.420. The zero-order valence-corrected chi connectivity index (χ0v) is 11.3. The number of ether oxygens (including phenoxy) is 1. The lowest BCUT2D eigenvalue weighted by molar-refractivity contribution is 0.382. The van der Waals surface area contributed by atoms with Crippen LogP contribution in [-0.2, 0) is 6.42 Å². The van der Waals surface area contributed by atoms with Crippen LogP contribution in [0.3, 0.4) is 0 Å². The van der Waals surface area contributed by atoms with Crippen molar-refractivity contribution in [3.63, 3.8) is 0 Å². The van der Waals surface area contributed by atoms with Crippen LogP contribution in [0.2, 0.25) is 5.02 Å². The molecular weight excluding hydrogens is 265 g/mol. The molecule has 100 valence electrons. The van der Waals surface area contributed by atoms with Gasteiger partial charge in [-0.25, -0.2) is 4.39 Å². The van der Waals surface area contributed by atoms with Crippen molar-refractivity contribution in [2.45, 2.75) is 12.5 Å². The molecule has 0 aliphatic rings. The minimum Gasteiger partial charge on any atom is -0.494 e. The molecule has 0 spiro atoms. The summed E-state index contributed by atoms with van der Waals surface area (Å²) in [6.45, 7) is 0. The highest BCUT2D eigenvalue weighted by atomic mass is 35.5. The number of rotatable bonds is 4. The predicted molar refractivity (Wildman–Crippen MR) is 75.0 cm³/mol. The van der Waals surface area contributed by atoms with Crippen LogP contribution in [0.25, 0.3) is 0 Å². The van der Waals surface area contributed by atoms with Crippen molar-refractivity contribution in [1.29, 1.82) is 0 Å². The largest absolute Gasteiger partial charge is 0.494 e. The molecule has 0 aliphatic heterocycles. The average molecular weight is 280 g/mol. The zero-order valence-electron chi connectivity index (χ0n) is 10.6. The van der Waals surface area contributed by atoms with Crippen LogP contribution in [0.5, 0.6) is 5.75 Å². The van der Waals surface area contributed by atoms with Gasteiger partial charge in [-0.15, -0.1) is 0 Å². The molecule has 0 fully saturated rings. The fraction of sp³-hybridized carbons (Fsp3) is 0.200. The van der Waals surface area contributed by atoms with Gasteiger partial charge in [-0.1, -0.05) is 35.9 Å². The summed E-state index contributed by atoms with van der Waals surface area (Å²) in [6, 6.07) is 11.9. The SMILES string of the molecule is COc1cccc(C(N)Cc2ccc(Cl)cc2)c1F. The molecule has 2 aromatic carbocycles. The molecule has 2 aromatic rings. The van der Waals surface area contributed by atoms with Gasteiger partial charge in [0.05, 0.1) is 7.11 Å². The van der Waals surface area contributed by atoms with Gasteiger partial charge in [-0.05, 0) is 30.2 Å². The van der Waals surface area contributed by atoms with Crippen LogP contribution >= 0.6 is 11.6 Å². The van der Waals surface area contributed by atoms with E-state index in [0.717, 1.165) is 5.56 Å². The van der Waals surface area contributed by atoms with Crippen LogP contribution < -0.4 is 10.5 Å². The third-order valence-electron chi connectivity index (χ3n) is 2.98. The number of methoxy groups -OCH3 is 1. The quantitative estimate of drug-likeness (QED) is 0.925. The van der Waals surface area contributed by atoms with Crippen molar-refractivity contribution < 1.29 is 9.13 Å². The zero-order chi connectivity index (χ0) is 13.8. The van der Waals surface area contributed by atoms with Crippen LogP contribution in [-0.4, -0.2) is 7.11 Å². The molecule has 4 heteroatoms. The molecule has 0 amide bonds. The molecule has 19 heavy (non-hydrogen) atoms. The van der Waals surface area contributed by atoms with Crippen LogP contribution in [0.4, 0.5) is 4.39 Å². The Hall–Kier alpha value is -1.58. The molecule has 1 atom stereocenters. The van der Waals surface area contributed by atoms with Crippen LogP contribution in [0.1, 0.15) is 17.2 Å². The topological polar surface area (TPSA) is 35.2 Å². The van der Waals surface area contributed by atoms with Crippen molar-refractivity contribution in [1.82, 2.24) is 0 Å². The van der Waals surface area contributed by atoms with Gasteiger partial charge in [0, 0.05) is 16.6 Å². The predicted octanol–water partition coefficient (Wildman–Crippen LogP) is 3.73. The van der Waals surface area contributed by atoms with E-state index in [1.807, 2.05) is 12.1 Å². The second-order valence-corrected chi connectivity index (χ2v) is 4.74. The lowest BCUT2D eigenvalue weighted by Gasteiger charge is -2.14. The van der Waals surface area contributed by atoms with Gasteiger partial charge in [0.15, 0.2) is 11.6 Å². The van der Waals surface area contributed by atoms with E-state index in [1.165, 1.54) is 7.11 Å². The summed E-state index contributed by atoms with van der Waals surface area (Å²) < 4.78 is 19.0. The first-order chi connectivity index (χ1) is 9.11. The third-order valence-corrected chi connectivity index (χ3v) is 3.23. The van der Waals surface area contributed by atoms with E-state index in [9.17, 15) is 4.39 Å². The molecule has 0 aromatic heterocycles. The van der Waals surface area contributed by atoms with Crippen molar-refractivity contribution in [3.05, 3.63) is 64.4 Å². The normalized spacial score (nSPS) is 12.2. The molecule has 0 bridgehead atoms. The lowest BCUT2D eigenvalue weighted by Crippen LogP contribution is -2.15. The highest BCUT2D eigenvalue weighted by Gasteiger charge is 2.15. The fourth-order valence-corrected chi connectivity index (χ4v) is 2.08. The molecule has 0 heterocycles. The van der Waals surface area contributed by atoms with Gasteiger partial charge < -0.3 is 10.5 Å². The minimum absolute atomic E-state index is 0.212. The maximum Gasteiger partial charge on any atom is 0.169 e. The van der Waals surface area contributed by atoms with Crippen LogP contribution in [0, 0.1) is 5.82 Å². The van der Waals surface area contributed by atoms with E-state index < -0.39 is 11.9 Å². The summed E-state index contributed by atoms with van der Waals surface area (Å²) in [6.07, 6.45) is 0.543. The summed E-state index contributed by atoms with van der Waals surface area (Å²) in [4.78, 5) is 0. The van der Waals surface area contributed by atoms with Gasteiger partial charge in [-0.2, -0.15) is 0 Å². The first-order valence-corrected chi connectivity index (χ1v) is 6.32. The highest BCUT2D eigenvalue weighted by Crippen LogP contribution is 2.26. The van der Waals surface area contributed by atoms with E-state index in [1.54, 1.807) is 30.3 Å². The lowest BCUT2D eigenvalue weighted by atomic mass is 9.99. The number of hydrogen-bond donors (Lipinski definition) is 1. The van der Waals surface area contributed by atoms with E-state index in [2.05, 4.69) is 0 Å². The summed E-state index contributed by atoms with van der Waals surface area (Å²) >= 11 is 5.82. The molecule has 2 N–H and O–H groups in total. The van der Waals surface area contributed by atoms with E-state index in [4.69, 9.17) is 22.1 Å². The Balaban J connectivity index is 2.20. The Morgan fingerprint density at radius 3 is 2.53 bits per heavy atom. The van der Waals surface area contributed by atoms with Gasteiger partial charge in [0.1, 0.15) is 0 Å². The molecule has 2 rings (SSSR count). The number of nitrogens with two attached hydrogens (primary N) is 1. The van der Waals surface area contributed by atoms with E-state index in [0.29, 0.717) is 17.0 Å². The molecule has 0 saturated carbocycles. The van der Waals surface area contributed by atoms with E-state index in [-0.39, 0.29) is 5.75 Å². The van der Waals surface area contributed by atoms with Gasteiger partial charge >= 0.3 is 0 Å². The van der Waals surface area contributed by atoms with Crippen molar-refractivity contribution >= 4 is 11.6 Å². The number of hydrogen-bond acceptors (Lipinski definition) is 2. The van der Waals surface area contributed by atoms with Crippen molar-refractivity contribution in [3.8, 4) is 5.75 Å². The first kappa shape index (κ1) is 13.8. The smallest absolute Gasteiger partial charge is 0.169 e. The first-order valence-electron chi connectivity index (χ1n) is 5.94. The Morgan fingerprint density at radius 2 is 1.89 bits per heavy atom. The van der Waals surface area contributed by atoms with Gasteiger partial charge in [0.2, 0.25) is 0 Å².